The Balaban J connectivity index is 1.14. The molecule has 4 nitrogen and oxygen atoms in total. The zero-order valence-electron chi connectivity index (χ0n) is 21.9. The number of fused-ring (bicyclic) bond motifs is 8. The van der Waals surface area contributed by atoms with E-state index in [1.54, 1.807) is 0 Å². The maximum Gasteiger partial charge on any atom is 0.223 e. The first-order chi connectivity index (χ1) is 16.1. The SMILES string of the molecule is CC1CC2CC(=CC(C)(NC(=O)C3CCC(C(=O)NC4(C)C=C5CC(C5)CC(C)C4)CC3)C1)C2. The molecule has 7 aliphatic rings. The average Bonchev–Trinajstić information content (AvgIpc) is 2.67. The molecule has 4 bridgehead atoms. The third kappa shape index (κ3) is 5.31. The molecule has 2 N–H and O–H groups in total. The number of hydrogen-bond acceptors (Lipinski definition) is 2. The smallest absolute Gasteiger partial charge is 0.223 e. The van der Waals surface area contributed by atoms with Crippen molar-refractivity contribution in [1.29, 1.82) is 0 Å². The van der Waals surface area contributed by atoms with Gasteiger partial charge in [-0.3, -0.25) is 9.59 Å². The van der Waals surface area contributed by atoms with Gasteiger partial charge < -0.3 is 10.6 Å². The van der Waals surface area contributed by atoms with Crippen LogP contribution in [0.5, 0.6) is 0 Å². The Kier molecular flexibility index (Phi) is 6.48. The predicted octanol–water partition coefficient (Wildman–Crippen LogP) is 6.08. The van der Waals surface area contributed by atoms with Crippen molar-refractivity contribution in [2.75, 3.05) is 0 Å². The van der Waals surface area contributed by atoms with Crippen LogP contribution in [0, 0.1) is 35.5 Å². The Morgan fingerprint density at radius 1 is 0.706 bits per heavy atom. The zero-order valence-corrected chi connectivity index (χ0v) is 21.9. The van der Waals surface area contributed by atoms with Crippen LogP contribution in [-0.4, -0.2) is 22.9 Å². The van der Waals surface area contributed by atoms with Crippen molar-refractivity contribution >= 4 is 11.8 Å². The van der Waals surface area contributed by atoms with Gasteiger partial charge in [0.25, 0.3) is 0 Å². The molecule has 0 spiro atoms. The fraction of sp³-hybridized carbons (Fsp3) is 0.800. The Labute approximate surface area is 206 Å². The molecule has 3 saturated carbocycles. The first kappa shape index (κ1) is 24.1. The van der Waals surface area contributed by atoms with Crippen molar-refractivity contribution in [3.05, 3.63) is 23.3 Å². The molecule has 34 heavy (non-hydrogen) atoms. The van der Waals surface area contributed by atoms with Crippen LogP contribution in [0.2, 0.25) is 0 Å². The molecule has 0 aromatic carbocycles. The maximum absolute atomic E-state index is 13.2. The van der Waals surface area contributed by atoms with Gasteiger partial charge in [-0.2, -0.15) is 0 Å². The van der Waals surface area contributed by atoms with E-state index in [4.69, 9.17) is 0 Å². The number of carbonyl (C=O) groups excluding carboxylic acids is 2. The van der Waals surface area contributed by atoms with Crippen molar-refractivity contribution in [2.24, 2.45) is 35.5 Å². The van der Waals surface area contributed by atoms with E-state index in [9.17, 15) is 9.59 Å². The lowest BCUT2D eigenvalue weighted by Gasteiger charge is -2.42. The van der Waals surface area contributed by atoms with Gasteiger partial charge in [-0.25, -0.2) is 0 Å². The van der Waals surface area contributed by atoms with Gasteiger partial charge in [0.05, 0.1) is 11.1 Å². The molecule has 4 unspecified atom stereocenters. The second-order valence-corrected chi connectivity index (χ2v) is 13.6. The Morgan fingerprint density at radius 3 is 1.41 bits per heavy atom. The quantitative estimate of drug-likeness (QED) is 0.494. The van der Waals surface area contributed by atoms with E-state index in [1.165, 1.54) is 49.7 Å². The molecule has 0 aromatic rings. The highest BCUT2D eigenvalue weighted by Crippen LogP contribution is 2.44. The first-order valence-electron chi connectivity index (χ1n) is 14.1. The van der Waals surface area contributed by atoms with Gasteiger partial charge in [0, 0.05) is 11.8 Å². The van der Waals surface area contributed by atoms with Gasteiger partial charge in [0.1, 0.15) is 0 Å². The van der Waals surface area contributed by atoms with Gasteiger partial charge in [-0.05, 0) is 115 Å². The van der Waals surface area contributed by atoms with Crippen LogP contribution in [0.15, 0.2) is 23.3 Å². The molecule has 3 fully saturated rings. The Hall–Kier alpha value is -1.58. The third-order valence-electron chi connectivity index (χ3n) is 9.55. The number of amides is 2. The summed E-state index contributed by atoms with van der Waals surface area (Å²) < 4.78 is 0. The molecule has 188 valence electrons. The fourth-order valence-corrected chi connectivity index (χ4v) is 8.26. The monoisotopic (exact) mass is 466 g/mol. The average molecular weight is 467 g/mol. The van der Waals surface area contributed by atoms with Crippen LogP contribution >= 0.6 is 0 Å². The minimum Gasteiger partial charge on any atom is -0.347 e. The van der Waals surface area contributed by atoms with Gasteiger partial charge in [0.15, 0.2) is 0 Å². The molecule has 7 rings (SSSR count). The lowest BCUT2D eigenvalue weighted by atomic mass is 9.68. The molecule has 2 amide bonds. The zero-order chi connectivity index (χ0) is 24.1. The first-order valence-corrected chi connectivity index (χ1v) is 14.1. The standard InChI is InChI=1S/C30H46N2O2/c1-19-9-21-11-23(12-21)17-29(3,15-19)31-27(33)25-5-7-26(8-6-25)28(34)32-30(4)16-20(2)10-22-13-24(14-22)18-30/h17-22,25-26H,5-16H2,1-4H3,(H,31,33)(H,32,34). The second kappa shape index (κ2) is 9.13. The van der Waals surface area contributed by atoms with E-state index in [2.05, 4.69) is 50.5 Å². The van der Waals surface area contributed by atoms with Gasteiger partial charge >= 0.3 is 0 Å². The Bertz CT molecular complexity index is 794. The van der Waals surface area contributed by atoms with Gasteiger partial charge in [0.2, 0.25) is 11.8 Å². The van der Waals surface area contributed by atoms with Crippen molar-refractivity contribution in [2.45, 2.75) is 116 Å². The molecule has 0 heterocycles. The van der Waals surface area contributed by atoms with E-state index >= 15 is 0 Å². The highest BCUT2D eigenvalue weighted by atomic mass is 16.2. The third-order valence-corrected chi connectivity index (χ3v) is 9.55. The molecule has 0 radical (unpaired) electrons. The molecule has 4 atom stereocenters. The summed E-state index contributed by atoms with van der Waals surface area (Å²) >= 11 is 0. The van der Waals surface area contributed by atoms with E-state index < -0.39 is 0 Å². The summed E-state index contributed by atoms with van der Waals surface area (Å²) in [5.41, 5.74) is 2.63. The van der Waals surface area contributed by atoms with E-state index in [-0.39, 0.29) is 34.7 Å². The van der Waals surface area contributed by atoms with Crippen molar-refractivity contribution < 1.29 is 9.59 Å². The summed E-state index contributed by atoms with van der Waals surface area (Å²) in [6, 6.07) is 0. The number of carbonyl (C=O) groups is 2. The van der Waals surface area contributed by atoms with Crippen molar-refractivity contribution in [3.8, 4) is 0 Å². The molecule has 4 heteroatoms. The Morgan fingerprint density at radius 2 is 1.06 bits per heavy atom. The maximum atomic E-state index is 13.2. The highest BCUT2D eigenvalue weighted by Gasteiger charge is 2.39. The topological polar surface area (TPSA) is 58.2 Å². The van der Waals surface area contributed by atoms with Crippen molar-refractivity contribution in [3.63, 3.8) is 0 Å². The lowest BCUT2D eigenvalue weighted by Crippen LogP contribution is -2.51. The summed E-state index contributed by atoms with van der Waals surface area (Å²) in [6.45, 7) is 9.09. The van der Waals surface area contributed by atoms with Crippen LogP contribution in [-0.2, 0) is 9.59 Å². The molecule has 7 aliphatic carbocycles. The normalized spacial score (nSPS) is 43.9. The minimum absolute atomic E-state index is 0.0418. The number of rotatable bonds is 4. The van der Waals surface area contributed by atoms with E-state index in [1.807, 2.05) is 0 Å². The lowest BCUT2D eigenvalue weighted by molar-refractivity contribution is -0.132. The molecule has 0 aromatic heterocycles. The van der Waals surface area contributed by atoms with Gasteiger partial charge in [-0.15, -0.1) is 0 Å². The summed E-state index contributed by atoms with van der Waals surface area (Å²) in [6.07, 6.45) is 17.6. The van der Waals surface area contributed by atoms with Crippen molar-refractivity contribution in [1.82, 2.24) is 10.6 Å². The second-order valence-electron chi connectivity index (χ2n) is 13.6. The summed E-state index contributed by atoms with van der Waals surface area (Å²) in [4.78, 5) is 26.5. The minimum atomic E-state index is -0.219. The van der Waals surface area contributed by atoms with Crippen LogP contribution in [0.4, 0.5) is 0 Å². The molecular weight excluding hydrogens is 420 g/mol. The van der Waals surface area contributed by atoms with Crippen LogP contribution < -0.4 is 10.6 Å². The number of hydrogen-bond donors (Lipinski definition) is 2. The van der Waals surface area contributed by atoms with Crippen LogP contribution in [0.25, 0.3) is 0 Å². The molecule has 0 aliphatic heterocycles. The number of allylic oxidation sites excluding steroid dienone is 2. The molecule has 0 saturated heterocycles. The molecular formula is C30H46N2O2. The largest absolute Gasteiger partial charge is 0.347 e. The predicted molar refractivity (Wildman–Crippen MR) is 137 cm³/mol. The fourth-order valence-electron chi connectivity index (χ4n) is 8.26. The van der Waals surface area contributed by atoms with E-state index in [0.717, 1.165) is 50.4 Å². The summed E-state index contributed by atoms with van der Waals surface area (Å²) in [5, 5.41) is 6.87. The highest BCUT2D eigenvalue weighted by molar-refractivity contribution is 5.82. The summed E-state index contributed by atoms with van der Waals surface area (Å²) in [7, 11) is 0. The van der Waals surface area contributed by atoms with Crippen LogP contribution in [0.3, 0.4) is 0 Å². The number of nitrogens with one attached hydrogen (secondary N) is 2. The van der Waals surface area contributed by atoms with Gasteiger partial charge in [-0.1, -0.05) is 37.1 Å². The van der Waals surface area contributed by atoms with Crippen LogP contribution in [0.1, 0.15) is 105 Å². The summed E-state index contributed by atoms with van der Waals surface area (Å²) in [5.74, 6) is 3.52. The van der Waals surface area contributed by atoms with E-state index in [0.29, 0.717) is 11.8 Å².